The van der Waals surface area contributed by atoms with E-state index < -0.39 is 6.10 Å². The normalized spacial score (nSPS) is 17.6. The number of rotatable bonds is 4. The summed E-state index contributed by atoms with van der Waals surface area (Å²) in [6.07, 6.45) is 1.92. The van der Waals surface area contributed by atoms with Crippen LogP contribution in [0.1, 0.15) is 56.9 Å². The Morgan fingerprint density at radius 3 is 2.80 bits per heavy atom. The number of hydrogen-bond donors (Lipinski definition) is 3. The maximum Gasteiger partial charge on any atom is 0.0921 e. The standard InChI is InChI=1S/C16H23N3O/c1-16(2,3)17-9-13(20)11-5-4-6-12-14(11)15(19-18-12)10-7-8-10/h4-6,10,13,17,20H,7-9H2,1-3H3,(H,18,19)/t13-/m0/s1. The van der Waals surface area contributed by atoms with Crippen molar-refractivity contribution in [2.45, 2.75) is 51.2 Å². The van der Waals surface area contributed by atoms with E-state index in [9.17, 15) is 5.11 Å². The van der Waals surface area contributed by atoms with Crippen LogP contribution < -0.4 is 5.32 Å². The Labute approximate surface area is 119 Å². The molecule has 4 nitrogen and oxygen atoms in total. The van der Waals surface area contributed by atoms with Crippen molar-refractivity contribution in [3.05, 3.63) is 29.5 Å². The summed E-state index contributed by atoms with van der Waals surface area (Å²) in [4.78, 5) is 0. The number of fused-ring (bicyclic) bond motifs is 1. The molecular formula is C16H23N3O. The largest absolute Gasteiger partial charge is 0.387 e. The van der Waals surface area contributed by atoms with E-state index in [-0.39, 0.29) is 5.54 Å². The van der Waals surface area contributed by atoms with Gasteiger partial charge in [-0.05, 0) is 45.2 Å². The van der Waals surface area contributed by atoms with Crippen molar-refractivity contribution in [1.29, 1.82) is 0 Å². The molecule has 1 atom stereocenters. The first-order chi connectivity index (χ1) is 9.46. The van der Waals surface area contributed by atoms with E-state index in [2.05, 4.69) is 36.3 Å². The lowest BCUT2D eigenvalue weighted by Crippen LogP contribution is -2.38. The van der Waals surface area contributed by atoms with Crippen LogP contribution in [0.2, 0.25) is 0 Å². The lowest BCUT2D eigenvalue weighted by Gasteiger charge is -2.23. The fraction of sp³-hybridized carbons (Fsp3) is 0.562. The van der Waals surface area contributed by atoms with Gasteiger partial charge in [0.1, 0.15) is 0 Å². The molecule has 3 N–H and O–H groups in total. The molecule has 0 aliphatic heterocycles. The van der Waals surface area contributed by atoms with Gasteiger partial charge < -0.3 is 10.4 Å². The minimum atomic E-state index is -0.506. The second kappa shape index (κ2) is 4.86. The highest BCUT2D eigenvalue weighted by molar-refractivity contribution is 5.86. The van der Waals surface area contributed by atoms with Gasteiger partial charge in [0, 0.05) is 23.4 Å². The first-order valence-corrected chi connectivity index (χ1v) is 7.36. The third-order valence-corrected chi connectivity index (χ3v) is 3.80. The number of hydrogen-bond acceptors (Lipinski definition) is 3. The zero-order valence-electron chi connectivity index (χ0n) is 12.4. The second-order valence-corrected chi connectivity index (χ2v) is 6.80. The average Bonchev–Trinajstić information content (AvgIpc) is 3.14. The molecule has 1 saturated carbocycles. The van der Waals surface area contributed by atoms with Crippen LogP contribution in [0.25, 0.3) is 10.9 Å². The van der Waals surface area contributed by atoms with Gasteiger partial charge in [0.2, 0.25) is 0 Å². The minimum Gasteiger partial charge on any atom is -0.387 e. The van der Waals surface area contributed by atoms with Gasteiger partial charge in [-0.2, -0.15) is 5.10 Å². The summed E-state index contributed by atoms with van der Waals surface area (Å²) in [5.41, 5.74) is 3.14. The molecule has 4 heteroatoms. The molecule has 0 saturated heterocycles. The molecule has 20 heavy (non-hydrogen) atoms. The lowest BCUT2D eigenvalue weighted by atomic mass is 10.00. The molecule has 1 aromatic heterocycles. The molecular weight excluding hydrogens is 250 g/mol. The van der Waals surface area contributed by atoms with Gasteiger partial charge in [-0.15, -0.1) is 0 Å². The smallest absolute Gasteiger partial charge is 0.0921 e. The number of aliphatic hydroxyl groups is 1. The summed E-state index contributed by atoms with van der Waals surface area (Å²) < 4.78 is 0. The zero-order valence-corrected chi connectivity index (χ0v) is 12.4. The van der Waals surface area contributed by atoms with Gasteiger partial charge in [0.15, 0.2) is 0 Å². The third kappa shape index (κ3) is 2.72. The quantitative estimate of drug-likeness (QED) is 0.802. The highest BCUT2D eigenvalue weighted by Crippen LogP contribution is 2.43. The van der Waals surface area contributed by atoms with Crippen molar-refractivity contribution in [2.75, 3.05) is 6.54 Å². The van der Waals surface area contributed by atoms with Gasteiger partial charge in [-0.1, -0.05) is 12.1 Å². The number of H-pyrrole nitrogens is 1. The number of β-amino-alcohol motifs (C(OH)–C–C–N with tert-alkyl or cyclic N) is 1. The number of nitrogens with one attached hydrogen (secondary N) is 2. The van der Waals surface area contributed by atoms with E-state index in [4.69, 9.17) is 0 Å². The van der Waals surface area contributed by atoms with E-state index in [0.29, 0.717) is 12.5 Å². The zero-order chi connectivity index (χ0) is 14.3. The van der Waals surface area contributed by atoms with Crippen molar-refractivity contribution < 1.29 is 5.11 Å². The van der Waals surface area contributed by atoms with Crippen molar-refractivity contribution in [2.24, 2.45) is 0 Å². The van der Waals surface area contributed by atoms with E-state index in [1.807, 2.05) is 18.2 Å². The van der Waals surface area contributed by atoms with Gasteiger partial charge in [-0.3, -0.25) is 5.10 Å². The summed E-state index contributed by atoms with van der Waals surface area (Å²) >= 11 is 0. The maximum atomic E-state index is 10.5. The predicted molar refractivity (Wildman–Crippen MR) is 80.8 cm³/mol. The minimum absolute atomic E-state index is 0.00456. The Bertz CT molecular complexity index is 608. The SMILES string of the molecule is CC(C)(C)NC[C@H](O)c1cccc2[nH]nc(C3CC3)c12. The fourth-order valence-electron chi connectivity index (χ4n) is 2.57. The number of benzene rings is 1. The van der Waals surface area contributed by atoms with Crippen molar-refractivity contribution in [3.8, 4) is 0 Å². The Morgan fingerprint density at radius 1 is 1.40 bits per heavy atom. The van der Waals surface area contributed by atoms with E-state index in [0.717, 1.165) is 22.2 Å². The summed E-state index contributed by atoms with van der Waals surface area (Å²) in [6, 6.07) is 6.02. The first kappa shape index (κ1) is 13.6. The second-order valence-electron chi connectivity index (χ2n) is 6.80. The van der Waals surface area contributed by atoms with Crippen LogP contribution in [0, 0.1) is 0 Å². The molecule has 0 bridgehead atoms. The van der Waals surface area contributed by atoms with Crippen LogP contribution >= 0.6 is 0 Å². The Kier molecular flexibility index (Phi) is 3.30. The summed E-state index contributed by atoms with van der Waals surface area (Å²) in [7, 11) is 0. The monoisotopic (exact) mass is 273 g/mol. The summed E-state index contributed by atoms with van der Waals surface area (Å²) in [5, 5.41) is 22.6. The molecule has 108 valence electrons. The van der Waals surface area contributed by atoms with Crippen molar-refractivity contribution in [3.63, 3.8) is 0 Å². The number of aliphatic hydroxyl groups excluding tert-OH is 1. The van der Waals surface area contributed by atoms with Gasteiger partial charge >= 0.3 is 0 Å². The van der Waals surface area contributed by atoms with E-state index in [1.54, 1.807) is 0 Å². The molecule has 1 aromatic carbocycles. The Balaban J connectivity index is 1.92. The molecule has 0 radical (unpaired) electrons. The molecule has 2 aromatic rings. The molecule has 0 amide bonds. The first-order valence-electron chi connectivity index (χ1n) is 7.36. The molecule has 1 heterocycles. The summed E-state index contributed by atoms with van der Waals surface area (Å²) in [5.74, 6) is 0.577. The van der Waals surface area contributed by atoms with Crippen LogP contribution in [0.4, 0.5) is 0 Å². The molecule has 0 unspecified atom stereocenters. The molecule has 1 aliphatic carbocycles. The molecule has 1 fully saturated rings. The van der Waals surface area contributed by atoms with Crippen LogP contribution in [-0.4, -0.2) is 27.4 Å². The van der Waals surface area contributed by atoms with Crippen molar-refractivity contribution in [1.82, 2.24) is 15.5 Å². The predicted octanol–water partition coefficient (Wildman–Crippen LogP) is 2.86. The topological polar surface area (TPSA) is 60.9 Å². The molecule has 0 spiro atoms. The van der Waals surface area contributed by atoms with Crippen LogP contribution in [0.15, 0.2) is 18.2 Å². The average molecular weight is 273 g/mol. The van der Waals surface area contributed by atoms with Crippen LogP contribution in [-0.2, 0) is 0 Å². The van der Waals surface area contributed by atoms with Gasteiger partial charge in [0.05, 0.1) is 17.3 Å². The van der Waals surface area contributed by atoms with Crippen molar-refractivity contribution >= 4 is 10.9 Å². The van der Waals surface area contributed by atoms with E-state index >= 15 is 0 Å². The number of aromatic amines is 1. The highest BCUT2D eigenvalue weighted by Gasteiger charge is 2.29. The van der Waals surface area contributed by atoms with Gasteiger partial charge in [-0.25, -0.2) is 0 Å². The molecule has 1 aliphatic rings. The fourth-order valence-corrected chi connectivity index (χ4v) is 2.57. The highest BCUT2D eigenvalue weighted by atomic mass is 16.3. The van der Waals surface area contributed by atoms with Gasteiger partial charge in [0.25, 0.3) is 0 Å². The lowest BCUT2D eigenvalue weighted by molar-refractivity contribution is 0.164. The molecule has 3 rings (SSSR count). The third-order valence-electron chi connectivity index (χ3n) is 3.80. The Morgan fingerprint density at radius 2 is 2.15 bits per heavy atom. The maximum absolute atomic E-state index is 10.5. The Hall–Kier alpha value is -1.39. The van der Waals surface area contributed by atoms with E-state index in [1.165, 1.54) is 12.8 Å². The van der Waals surface area contributed by atoms with Crippen LogP contribution in [0.5, 0.6) is 0 Å². The summed E-state index contributed by atoms with van der Waals surface area (Å²) in [6.45, 7) is 6.87. The number of nitrogens with zero attached hydrogens (tertiary/aromatic N) is 1. The number of aromatic nitrogens is 2. The van der Waals surface area contributed by atoms with Crippen LogP contribution in [0.3, 0.4) is 0 Å².